The number of anilines is 2. The molecule has 3 aliphatic rings. The van der Waals surface area contributed by atoms with Crippen LogP contribution < -0.4 is 26.0 Å². The Labute approximate surface area is 331 Å². The van der Waals surface area contributed by atoms with Crippen LogP contribution in [0.1, 0.15) is 79.6 Å². The maximum absolute atomic E-state index is 13.4. The van der Waals surface area contributed by atoms with Gasteiger partial charge in [-0.3, -0.25) is 33.5 Å². The summed E-state index contributed by atoms with van der Waals surface area (Å²) in [6.45, 7) is 2.65. The minimum atomic E-state index is -4.68. The third-order valence-corrected chi connectivity index (χ3v) is 12.0. The summed E-state index contributed by atoms with van der Waals surface area (Å²) in [5, 5.41) is 10.4. The van der Waals surface area contributed by atoms with Crippen molar-refractivity contribution in [3.63, 3.8) is 0 Å². The minimum absolute atomic E-state index is 0.0854. The number of imidazole rings is 1. The fourth-order valence-corrected chi connectivity index (χ4v) is 8.89. The van der Waals surface area contributed by atoms with E-state index >= 15 is 0 Å². The van der Waals surface area contributed by atoms with Gasteiger partial charge in [-0.2, -0.15) is 23.3 Å². The van der Waals surface area contributed by atoms with E-state index in [0.29, 0.717) is 34.9 Å². The number of alkyl halides is 3. The van der Waals surface area contributed by atoms with Gasteiger partial charge in [0.1, 0.15) is 23.1 Å². The second kappa shape index (κ2) is 15.5. The lowest BCUT2D eigenvalue weighted by molar-refractivity contribution is -0.141. The van der Waals surface area contributed by atoms with E-state index in [1.54, 1.807) is 17.7 Å². The Morgan fingerprint density at radius 3 is 2.45 bits per heavy atom. The summed E-state index contributed by atoms with van der Waals surface area (Å²) in [5.41, 5.74) is 1.27. The van der Waals surface area contributed by atoms with Crippen molar-refractivity contribution in [3.05, 3.63) is 70.5 Å². The molecule has 1 aliphatic carbocycles. The summed E-state index contributed by atoms with van der Waals surface area (Å²) in [4.78, 5) is 63.6. The minimum Gasteiger partial charge on any atom is -0.479 e. The van der Waals surface area contributed by atoms with E-state index in [4.69, 9.17) is 9.84 Å². The Hall–Kier alpha value is -5.78. The third-order valence-electron chi connectivity index (χ3n) is 12.0. The fourth-order valence-electron chi connectivity index (χ4n) is 8.89. The molecular weight excluding hydrogens is 757 g/mol. The van der Waals surface area contributed by atoms with Crippen molar-refractivity contribution in [2.45, 2.75) is 75.7 Å². The number of methoxy groups -OCH3 is 1. The van der Waals surface area contributed by atoms with Gasteiger partial charge in [0.2, 0.25) is 17.7 Å². The van der Waals surface area contributed by atoms with Crippen molar-refractivity contribution in [2.24, 2.45) is 13.0 Å². The highest BCUT2D eigenvalue weighted by molar-refractivity contribution is 6.04. The molecule has 0 radical (unpaired) electrons. The van der Waals surface area contributed by atoms with E-state index in [2.05, 4.69) is 37.4 Å². The molecule has 5 aromatic rings. The van der Waals surface area contributed by atoms with Gasteiger partial charge in [-0.25, -0.2) is 9.78 Å². The van der Waals surface area contributed by atoms with E-state index < -0.39 is 29.7 Å². The first-order valence-corrected chi connectivity index (χ1v) is 19.6. The van der Waals surface area contributed by atoms with Gasteiger partial charge in [0, 0.05) is 50.7 Å². The Morgan fingerprint density at radius 1 is 1.00 bits per heavy atom. The SMILES string of the molecule is COc1nc2nn([C@H]3CC[C@H](CN(C)C4CCN(c5cccc6c5n(C)c(=O)n6C5CCC(=O)NC5=O)CC4)CC3)cc2cc1NC(=O)c1cccc(C(F)(F)F)n1. The van der Waals surface area contributed by atoms with Gasteiger partial charge >= 0.3 is 11.9 Å². The van der Waals surface area contributed by atoms with Gasteiger partial charge < -0.3 is 19.9 Å². The second-order valence-electron chi connectivity index (χ2n) is 15.6. The number of nitrogens with one attached hydrogen (secondary N) is 2. The predicted molar refractivity (Wildman–Crippen MR) is 209 cm³/mol. The Balaban J connectivity index is 0.866. The number of nitrogens with zero attached hydrogens (tertiary/aromatic N) is 8. The first-order valence-electron chi connectivity index (χ1n) is 19.6. The normalized spacial score (nSPS) is 20.9. The number of benzene rings is 1. The number of aryl methyl sites for hydroxylation is 1. The lowest BCUT2D eigenvalue weighted by Gasteiger charge is -2.40. The predicted octanol–water partition coefficient (Wildman–Crippen LogP) is 5.07. The molecule has 8 rings (SSSR count). The molecule has 1 aromatic carbocycles. The number of fused-ring (bicyclic) bond motifs is 2. The van der Waals surface area contributed by atoms with Gasteiger partial charge in [0.15, 0.2) is 5.65 Å². The smallest absolute Gasteiger partial charge is 0.433 e. The molecule has 1 saturated carbocycles. The van der Waals surface area contributed by atoms with E-state index in [-0.39, 0.29) is 41.3 Å². The largest absolute Gasteiger partial charge is 0.479 e. The molecular formula is C40H45F3N10O5. The average molecular weight is 803 g/mol. The van der Waals surface area contributed by atoms with Crippen LogP contribution in [-0.4, -0.2) is 91.3 Å². The summed E-state index contributed by atoms with van der Waals surface area (Å²) < 4.78 is 50.0. The van der Waals surface area contributed by atoms with Gasteiger partial charge in [-0.15, -0.1) is 0 Å². The Kier molecular flexibility index (Phi) is 10.5. The van der Waals surface area contributed by atoms with E-state index in [0.717, 1.165) is 81.5 Å². The number of hydrogen-bond donors (Lipinski definition) is 2. The van der Waals surface area contributed by atoms with Crippen molar-refractivity contribution >= 4 is 51.2 Å². The number of piperidine rings is 2. The molecule has 2 saturated heterocycles. The van der Waals surface area contributed by atoms with Crippen LogP contribution in [0, 0.1) is 5.92 Å². The number of pyridine rings is 2. The van der Waals surface area contributed by atoms with Crippen molar-refractivity contribution in [2.75, 3.05) is 44.0 Å². The highest BCUT2D eigenvalue weighted by Gasteiger charge is 2.35. The number of aromatic nitrogens is 6. The van der Waals surface area contributed by atoms with Crippen LogP contribution >= 0.6 is 0 Å². The first-order chi connectivity index (χ1) is 27.8. The molecule has 306 valence electrons. The Morgan fingerprint density at radius 2 is 1.74 bits per heavy atom. The molecule has 1 atom stereocenters. The Bertz CT molecular complexity index is 2440. The van der Waals surface area contributed by atoms with Crippen LogP contribution in [0.4, 0.5) is 24.5 Å². The molecule has 2 N–H and O–H groups in total. The highest BCUT2D eigenvalue weighted by atomic mass is 19.4. The number of para-hydroxylation sites is 1. The van der Waals surface area contributed by atoms with E-state index in [9.17, 15) is 32.3 Å². The molecule has 3 fully saturated rings. The molecule has 18 heteroatoms. The van der Waals surface area contributed by atoms with Gasteiger partial charge in [-0.1, -0.05) is 12.1 Å². The lowest BCUT2D eigenvalue weighted by Crippen LogP contribution is -2.45. The zero-order chi connectivity index (χ0) is 40.9. The van der Waals surface area contributed by atoms with Crippen molar-refractivity contribution in [3.8, 4) is 5.88 Å². The number of hydrogen-bond acceptors (Lipinski definition) is 10. The van der Waals surface area contributed by atoms with Crippen LogP contribution in [0.15, 0.2) is 53.5 Å². The molecule has 3 amide bonds. The summed E-state index contributed by atoms with van der Waals surface area (Å²) in [6.07, 6.45) is 3.58. The van der Waals surface area contributed by atoms with Crippen LogP contribution in [0.2, 0.25) is 0 Å². The first kappa shape index (κ1) is 39.1. The number of carbonyl (C=O) groups is 3. The monoisotopic (exact) mass is 802 g/mol. The molecule has 1 unspecified atom stereocenters. The van der Waals surface area contributed by atoms with Crippen molar-refractivity contribution < 1.29 is 32.3 Å². The van der Waals surface area contributed by atoms with Crippen molar-refractivity contribution in [1.82, 2.24) is 39.1 Å². The zero-order valence-corrected chi connectivity index (χ0v) is 32.5. The lowest BCUT2D eigenvalue weighted by atomic mass is 9.85. The van der Waals surface area contributed by atoms with Gasteiger partial charge in [0.05, 0.1) is 29.9 Å². The molecule has 4 aromatic heterocycles. The number of imide groups is 1. The molecule has 0 bridgehead atoms. The standard InChI is InChI=1S/C40H45F3N10O5/c1-49(25-16-18-51(19-17-25)29-7-5-8-30-34(29)50(2)39(57)53(30)31-14-15-33(54)46-37(31)56)21-23-10-12-26(13-11-23)52-22-24-20-28(38(58-3)47-35(24)48-52)45-36(55)27-6-4-9-32(44-27)40(41,42)43/h4-9,20,22-23,25-26,31H,10-19,21H2,1-3H3,(H,45,55)(H,46,54,56)/t23-,26-,31?. The van der Waals surface area contributed by atoms with E-state index in [1.807, 2.05) is 29.1 Å². The molecule has 0 spiro atoms. The summed E-state index contributed by atoms with van der Waals surface area (Å²) in [6, 6.07) is 10.5. The van der Waals surface area contributed by atoms with Crippen LogP contribution in [0.25, 0.3) is 22.1 Å². The van der Waals surface area contributed by atoms with Gasteiger partial charge in [-0.05, 0) is 88.2 Å². The van der Waals surface area contributed by atoms with Crippen molar-refractivity contribution in [1.29, 1.82) is 0 Å². The average Bonchev–Trinajstić information content (AvgIpc) is 3.74. The van der Waals surface area contributed by atoms with Crippen LogP contribution in [0.3, 0.4) is 0 Å². The topological polar surface area (TPSA) is 162 Å². The maximum Gasteiger partial charge on any atom is 0.433 e. The summed E-state index contributed by atoms with van der Waals surface area (Å²) in [5.74, 6) is -0.965. The number of ether oxygens (including phenoxy) is 1. The molecule has 6 heterocycles. The van der Waals surface area contributed by atoms with Crippen LogP contribution in [-0.2, 0) is 22.8 Å². The number of amides is 3. The fraction of sp³-hybridized carbons (Fsp3) is 0.475. The summed E-state index contributed by atoms with van der Waals surface area (Å²) >= 11 is 0. The maximum atomic E-state index is 13.4. The number of halogens is 3. The number of carbonyl (C=O) groups excluding carboxylic acids is 3. The highest BCUT2D eigenvalue weighted by Crippen LogP contribution is 2.36. The third kappa shape index (κ3) is 7.52. The van der Waals surface area contributed by atoms with E-state index in [1.165, 1.54) is 17.7 Å². The molecule has 58 heavy (non-hydrogen) atoms. The zero-order valence-electron chi connectivity index (χ0n) is 32.5. The number of rotatable bonds is 9. The second-order valence-corrected chi connectivity index (χ2v) is 15.6. The summed E-state index contributed by atoms with van der Waals surface area (Å²) in [7, 11) is 5.33. The molecule has 2 aliphatic heterocycles. The van der Waals surface area contributed by atoms with Gasteiger partial charge in [0.25, 0.3) is 5.91 Å². The van der Waals surface area contributed by atoms with Crippen LogP contribution in [0.5, 0.6) is 5.88 Å². The molecule has 15 nitrogen and oxygen atoms in total. The quantitative estimate of drug-likeness (QED) is 0.193.